The number of rotatable bonds is 0. The maximum atomic E-state index is 7.00. The van der Waals surface area contributed by atoms with E-state index in [9.17, 15) is 0 Å². The van der Waals surface area contributed by atoms with Crippen molar-refractivity contribution in [3.8, 4) is 0 Å². The zero-order valence-corrected chi connectivity index (χ0v) is 7.82. The van der Waals surface area contributed by atoms with Gasteiger partial charge in [-0.25, -0.2) is 9.97 Å². The van der Waals surface area contributed by atoms with Gasteiger partial charge in [0, 0.05) is 13.2 Å². The van der Waals surface area contributed by atoms with Crippen molar-refractivity contribution >= 4 is 34.8 Å². The Hall–Kier alpha value is -0.0900. The Labute approximate surface area is 78.9 Å². The summed E-state index contributed by atoms with van der Waals surface area (Å²) in [6, 6.07) is 1.41. The lowest BCUT2D eigenvalue weighted by molar-refractivity contribution is 0.399. The topological polar surface area (TPSA) is 46.0 Å². The van der Waals surface area contributed by atoms with Gasteiger partial charge in [-0.1, -0.05) is 23.2 Å². The van der Waals surface area contributed by atoms with Crippen molar-refractivity contribution in [2.75, 3.05) is 7.11 Å². The van der Waals surface area contributed by atoms with E-state index in [1.807, 2.05) is 0 Å². The van der Waals surface area contributed by atoms with Gasteiger partial charge in [0.25, 0.3) is 0 Å². The van der Waals surface area contributed by atoms with Crippen LogP contribution < -0.4 is 0 Å². The third kappa shape index (κ3) is 4.37. The minimum Gasteiger partial charge on any atom is -0.400 e. The van der Waals surface area contributed by atoms with E-state index < -0.39 is 0 Å². The van der Waals surface area contributed by atoms with Gasteiger partial charge >= 0.3 is 0 Å². The molecule has 0 unspecified atom stereocenters. The summed E-state index contributed by atoms with van der Waals surface area (Å²) in [6.07, 6.45) is 0. The van der Waals surface area contributed by atoms with Crippen molar-refractivity contribution in [2.24, 2.45) is 0 Å². The van der Waals surface area contributed by atoms with Gasteiger partial charge in [0.15, 0.2) is 0 Å². The first-order valence-electron chi connectivity index (χ1n) is 2.49. The third-order valence-corrected chi connectivity index (χ3v) is 1.19. The van der Waals surface area contributed by atoms with Crippen LogP contribution in [0, 0.1) is 0 Å². The molecule has 62 valence electrons. The van der Waals surface area contributed by atoms with E-state index in [2.05, 4.69) is 9.97 Å². The molecule has 1 aromatic rings. The summed E-state index contributed by atoms with van der Waals surface area (Å²) >= 11 is 16.2. The van der Waals surface area contributed by atoms with E-state index in [-0.39, 0.29) is 15.6 Å². The van der Waals surface area contributed by atoms with Crippen LogP contribution in [0.1, 0.15) is 0 Å². The Morgan fingerprint density at radius 1 is 1.09 bits per heavy atom. The monoisotopic (exact) mass is 214 g/mol. The number of aliphatic hydroxyl groups is 1. The van der Waals surface area contributed by atoms with Gasteiger partial charge in [0.1, 0.15) is 10.3 Å². The molecule has 0 spiro atoms. The maximum absolute atomic E-state index is 7.00. The van der Waals surface area contributed by atoms with Crippen LogP contribution in [0.15, 0.2) is 6.07 Å². The number of aromatic nitrogens is 2. The van der Waals surface area contributed by atoms with E-state index in [4.69, 9.17) is 39.9 Å². The van der Waals surface area contributed by atoms with Crippen LogP contribution >= 0.6 is 34.8 Å². The molecule has 1 heterocycles. The highest BCUT2D eigenvalue weighted by Gasteiger charge is 1.95. The number of aliphatic hydroxyl groups excluding tert-OH is 1. The van der Waals surface area contributed by atoms with E-state index in [1.54, 1.807) is 0 Å². The van der Waals surface area contributed by atoms with Crippen molar-refractivity contribution < 1.29 is 5.11 Å². The standard InChI is InChI=1S/C4HCl3N2.CH4O/c5-2-1-3(6)9-4(7)8-2;1-2/h1H;2H,1H3. The van der Waals surface area contributed by atoms with Gasteiger partial charge in [-0.2, -0.15) is 0 Å². The molecule has 0 saturated carbocycles. The van der Waals surface area contributed by atoms with Crippen LogP contribution in [-0.4, -0.2) is 22.2 Å². The molecule has 1 N–H and O–H groups in total. The van der Waals surface area contributed by atoms with Crippen molar-refractivity contribution in [1.29, 1.82) is 0 Å². The highest BCUT2D eigenvalue weighted by atomic mass is 35.5. The third-order valence-electron chi connectivity index (χ3n) is 0.636. The Kier molecular flexibility index (Phi) is 5.50. The summed E-state index contributed by atoms with van der Waals surface area (Å²) in [5.41, 5.74) is 0. The predicted molar refractivity (Wildman–Crippen MR) is 45.2 cm³/mol. The Morgan fingerprint density at radius 3 is 1.73 bits per heavy atom. The highest BCUT2D eigenvalue weighted by molar-refractivity contribution is 6.35. The molecule has 0 amide bonds. The fourth-order valence-corrected chi connectivity index (χ4v) is 1.06. The second kappa shape index (κ2) is 5.55. The predicted octanol–water partition coefficient (Wildman–Crippen LogP) is 2.05. The molecule has 1 rings (SSSR count). The zero-order valence-electron chi connectivity index (χ0n) is 5.55. The molecule has 0 saturated heterocycles. The Morgan fingerprint density at radius 2 is 1.45 bits per heavy atom. The largest absolute Gasteiger partial charge is 0.400 e. The van der Waals surface area contributed by atoms with E-state index >= 15 is 0 Å². The molecule has 0 fully saturated rings. The van der Waals surface area contributed by atoms with Gasteiger partial charge in [-0.15, -0.1) is 0 Å². The number of hydrogen-bond donors (Lipinski definition) is 1. The van der Waals surface area contributed by atoms with Gasteiger partial charge in [0.05, 0.1) is 0 Å². The van der Waals surface area contributed by atoms with Gasteiger partial charge in [0.2, 0.25) is 5.28 Å². The van der Waals surface area contributed by atoms with E-state index in [0.717, 1.165) is 7.11 Å². The SMILES string of the molecule is CO.Clc1cc(Cl)nc(Cl)n1. The number of halogens is 3. The van der Waals surface area contributed by atoms with E-state index in [1.165, 1.54) is 6.07 Å². The maximum Gasteiger partial charge on any atom is 0.225 e. The lowest BCUT2D eigenvalue weighted by Crippen LogP contribution is -1.81. The molecule has 0 atom stereocenters. The molecule has 0 aliphatic rings. The summed E-state index contributed by atoms with van der Waals surface area (Å²) in [7, 11) is 1.00. The molecular weight excluding hydrogens is 210 g/mol. The van der Waals surface area contributed by atoms with Gasteiger partial charge in [-0.3, -0.25) is 0 Å². The molecule has 0 radical (unpaired) electrons. The lowest BCUT2D eigenvalue weighted by Gasteiger charge is -1.89. The van der Waals surface area contributed by atoms with E-state index in [0.29, 0.717) is 0 Å². The van der Waals surface area contributed by atoms with Crippen LogP contribution in [0.2, 0.25) is 15.6 Å². The normalized spacial score (nSPS) is 8.45. The van der Waals surface area contributed by atoms with Crippen LogP contribution in [0.5, 0.6) is 0 Å². The molecule has 6 heteroatoms. The molecule has 0 bridgehead atoms. The quantitative estimate of drug-likeness (QED) is 0.532. The fraction of sp³-hybridized carbons (Fsp3) is 0.200. The summed E-state index contributed by atoms with van der Waals surface area (Å²) in [5, 5.41) is 7.56. The average Bonchev–Trinajstić information content (AvgIpc) is 1.88. The molecular formula is C5H5Cl3N2O. The Balaban J connectivity index is 0.000000461. The van der Waals surface area contributed by atoms with Crippen molar-refractivity contribution in [2.45, 2.75) is 0 Å². The summed E-state index contributed by atoms with van der Waals surface area (Å²) in [4.78, 5) is 7.14. The van der Waals surface area contributed by atoms with Gasteiger partial charge < -0.3 is 5.11 Å². The second-order valence-corrected chi connectivity index (χ2v) is 2.39. The van der Waals surface area contributed by atoms with Crippen molar-refractivity contribution in [3.63, 3.8) is 0 Å². The smallest absolute Gasteiger partial charge is 0.225 e. The average molecular weight is 215 g/mol. The molecule has 3 nitrogen and oxygen atoms in total. The van der Waals surface area contributed by atoms with Crippen molar-refractivity contribution in [1.82, 2.24) is 9.97 Å². The minimum absolute atomic E-state index is 0.0625. The first-order valence-corrected chi connectivity index (χ1v) is 3.62. The van der Waals surface area contributed by atoms with Crippen LogP contribution in [0.25, 0.3) is 0 Å². The van der Waals surface area contributed by atoms with Gasteiger partial charge in [-0.05, 0) is 11.6 Å². The highest BCUT2D eigenvalue weighted by Crippen LogP contribution is 2.13. The summed E-state index contributed by atoms with van der Waals surface area (Å²) < 4.78 is 0. The minimum atomic E-state index is 0.0625. The van der Waals surface area contributed by atoms with Crippen molar-refractivity contribution in [3.05, 3.63) is 21.7 Å². The molecule has 0 aliphatic carbocycles. The summed E-state index contributed by atoms with van der Waals surface area (Å²) in [5.74, 6) is 0. The summed E-state index contributed by atoms with van der Waals surface area (Å²) in [6.45, 7) is 0. The zero-order chi connectivity index (χ0) is 8.85. The lowest BCUT2D eigenvalue weighted by atomic mass is 10.7. The fourth-order valence-electron chi connectivity index (χ4n) is 0.364. The first-order chi connectivity index (χ1) is 5.18. The second-order valence-electron chi connectivity index (χ2n) is 1.28. The van der Waals surface area contributed by atoms with Crippen LogP contribution in [-0.2, 0) is 0 Å². The number of hydrogen-bond acceptors (Lipinski definition) is 3. The molecule has 1 aromatic heterocycles. The Bertz CT molecular complexity index is 180. The molecule has 0 aromatic carbocycles. The first kappa shape index (κ1) is 10.9. The molecule has 0 aliphatic heterocycles. The number of nitrogens with zero attached hydrogens (tertiary/aromatic N) is 2. The van der Waals surface area contributed by atoms with Crippen LogP contribution in [0.4, 0.5) is 0 Å². The molecule has 11 heavy (non-hydrogen) atoms. The van der Waals surface area contributed by atoms with Crippen LogP contribution in [0.3, 0.4) is 0 Å².